The molecule has 0 spiro atoms. The predicted octanol–water partition coefficient (Wildman–Crippen LogP) is 4.48. The van der Waals surface area contributed by atoms with Crippen LogP contribution in [0.4, 0.5) is 5.69 Å². The number of carbonyl (C=O) groups is 1. The van der Waals surface area contributed by atoms with Crippen LogP contribution in [0.5, 0.6) is 0 Å². The molecule has 1 aliphatic rings. The highest BCUT2D eigenvalue weighted by atomic mass is 32.2. The molecule has 2 aromatic carbocycles. The molecule has 1 atom stereocenters. The first-order chi connectivity index (χ1) is 12.9. The Morgan fingerprint density at radius 3 is 2.48 bits per heavy atom. The van der Waals surface area contributed by atoms with Gasteiger partial charge in [-0.2, -0.15) is 0 Å². The van der Waals surface area contributed by atoms with E-state index in [9.17, 15) is 13.2 Å². The second-order valence-electron chi connectivity index (χ2n) is 6.79. The third kappa shape index (κ3) is 3.09. The number of hydrogen-bond donors (Lipinski definition) is 0. The average Bonchev–Trinajstić information content (AvgIpc) is 3.26. The zero-order chi connectivity index (χ0) is 19.2. The Morgan fingerprint density at radius 1 is 1.04 bits per heavy atom. The molecule has 1 amide bonds. The molecule has 0 N–H and O–H groups in total. The molecule has 27 heavy (non-hydrogen) atoms. The monoisotopic (exact) mass is 397 g/mol. The summed E-state index contributed by atoms with van der Waals surface area (Å²) in [6.45, 7) is 3.92. The zero-order valence-corrected chi connectivity index (χ0v) is 16.7. The average molecular weight is 398 g/mol. The van der Waals surface area contributed by atoms with E-state index in [4.69, 9.17) is 0 Å². The lowest BCUT2D eigenvalue weighted by Gasteiger charge is -2.21. The van der Waals surface area contributed by atoms with Crippen molar-refractivity contribution in [3.8, 4) is 0 Å². The summed E-state index contributed by atoms with van der Waals surface area (Å²) in [5.74, 6) is -0.150. The summed E-state index contributed by atoms with van der Waals surface area (Å²) in [7, 11) is -3.62. The molecular formula is C21H19NO3S2. The molecule has 0 radical (unpaired) electrons. The van der Waals surface area contributed by atoms with Crippen LogP contribution < -0.4 is 4.90 Å². The van der Waals surface area contributed by atoms with Gasteiger partial charge in [0.05, 0.1) is 9.77 Å². The lowest BCUT2D eigenvalue weighted by atomic mass is 10.1. The van der Waals surface area contributed by atoms with Gasteiger partial charge < -0.3 is 4.90 Å². The first kappa shape index (κ1) is 17.9. The number of benzene rings is 2. The Hall–Kier alpha value is -2.44. The molecule has 138 valence electrons. The molecule has 1 aromatic heterocycles. The normalized spacial score (nSPS) is 16.4. The standard InChI is InChI=1S/C21H19NO3S2/c1-14-7-9-17(10-8-14)27(24,25)20-12-11-19(26-20)21(23)22-15(2)13-16-5-3-4-6-18(16)22/h3-12,15H,13H2,1-2H3/t15-/m0/s1. The minimum absolute atomic E-state index is 0.0501. The Bertz CT molecular complexity index is 1110. The van der Waals surface area contributed by atoms with Gasteiger partial charge in [0.15, 0.2) is 0 Å². The van der Waals surface area contributed by atoms with Crippen molar-refractivity contribution in [3.63, 3.8) is 0 Å². The summed E-state index contributed by atoms with van der Waals surface area (Å²) < 4.78 is 25.9. The highest BCUT2D eigenvalue weighted by Crippen LogP contribution is 2.35. The maximum absolute atomic E-state index is 13.1. The Labute approximate surface area is 163 Å². The zero-order valence-electron chi connectivity index (χ0n) is 15.0. The van der Waals surface area contributed by atoms with Crippen LogP contribution in [0.3, 0.4) is 0 Å². The first-order valence-corrected chi connectivity index (χ1v) is 11.0. The number of thiophene rings is 1. The van der Waals surface area contributed by atoms with Crippen LogP contribution in [0, 0.1) is 6.92 Å². The molecule has 2 heterocycles. The highest BCUT2D eigenvalue weighted by molar-refractivity contribution is 7.93. The largest absolute Gasteiger partial charge is 0.304 e. The molecule has 0 saturated carbocycles. The molecular weight excluding hydrogens is 378 g/mol. The van der Waals surface area contributed by atoms with Crippen molar-refractivity contribution in [2.24, 2.45) is 0 Å². The van der Waals surface area contributed by atoms with Crippen molar-refractivity contribution in [2.45, 2.75) is 35.4 Å². The minimum Gasteiger partial charge on any atom is -0.304 e. The first-order valence-electron chi connectivity index (χ1n) is 8.71. The number of aryl methyl sites for hydroxylation is 1. The van der Waals surface area contributed by atoms with Crippen LogP contribution in [0.15, 0.2) is 69.8 Å². The molecule has 0 fully saturated rings. The van der Waals surface area contributed by atoms with Gasteiger partial charge in [-0.1, -0.05) is 35.9 Å². The number of amides is 1. The van der Waals surface area contributed by atoms with Gasteiger partial charge in [-0.15, -0.1) is 11.3 Å². The fourth-order valence-electron chi connectivity index (χ4n) is 3.41. The molecule has 6 heteroatoms. The SMILES string of the molecule is Cc1ccc(S(=O)(=O)c2ccc(C(=O)N3c4ccccc4C[C@@H]3C)s2)cc1. The van der Waals surface area contributed by atoms with Crippen LogP contribution >= 0.6 is 11.3 Å². The van der Waals surface area contributed by atoms with Crippen LogP contribution in [0.2, 0.25) is 0 Å². The predicted molar refractivity (Wildman–Crippen MR) is 107 cm³/mol. The van der Waals surface area contributed by atoms with E-state index in [0.717, 1.165) is 34.6 Å². The molecule has 0 saturated heterocycles. The van der Waals surface area contributed by atoms with Crippen molar-refractivity contribution in [2.75, 3.05) is 4.90 Å². The van der Waals surface area contributed by atoms with Crippen molar-refractivity contribution in [1.29, 1.82) is 0 Å². The molecule has 0 unspecified atom stereocenters. The summed E-state index contributed by atoms with van der Waals surface area (Å²) >= 11 is 1.03. The summed E-state index contributed by atoms with van der Waals surface area (Å²) in [6, 6.07) is 17.8. The third-order valence-corrected chi connectivity index (χ3v) is 8.15. The second-order valence-corrected chi connectivity index (χ2v) is 10.1. The third-order valence-electron chi connectivity index (χ3n) is 4.81. The van der Waals surface area contributed by atoms with Crippen LogP contribution in [-0.4, -0.2) is 20.4 Å². The number of nitrogens with zero attached hydrogens (tertiary/aromatic N) is 1. The number of anilines is 1. The summed E-state index contributed by atoms with van der Waals surface area (Å²) in [6.07, 6.45) is 0.807. The van der Waals surface area contributed by atoms with Gasteiger partial charge in [0.2, 0.25) is 9.84 Å². The van der Waals surface area contributed by atoms with Gasteiger partial charge in [-0.25, -0.2) is 8.42 Å². The summed E-state index contributed by atoms with van der Waals surface area (Å²) in [4.78, 5) is 15.5. The number of rotatable bonds is 3. The van der Waals surface area contributed by atoms with Gasteiger partial charge >= 0.3 is 0 Å². The van der Waals surface area contributed by atoms with Crippen LogP contribution in [0.25, 0.3) is 0 Å². The van der Waals surface area contributed by atoms with Gasteiger partial charge in [0.1, 0.15) is 4.21 Å². The molecule has 0 aliphatic carbocycles. The van der Waals surface area contributed by atoms with E-state index in [0.29, 0.717) is 4.88 Å². The van der Waals surface area contributed by atoms with Crippen molar-refractivity contribution >= 4 is 32.8 Å². The van der Waals surface area contributed by atoms with Gasteiger partial charge in [-0.3, -0.25) is 4.79 Å². The van der Waals surface area contributed by atoms with E-state index < -0.39 is 9.84 Å². The second kappa shape index (κ2) is 6.62. The number of sulfone groups is 1. The summed E-state index contributed by atoms with van der Waals surface area (Å²) in [5.41, 5.74) is 3.05. The fourth-order valence-corrected chi connectivity index (χ4v) is 6.05. The van der Waals surface area contributed by atoms with Gasteiger partial charge in [0, 0.05) is 11.7 Å². The van der Waals surface area contributed by atoms with Crippen LogP contribution in [-0.2, 0) is 16.3 Å². The quantitative estimate of drug-likeness (QED) is 0.655. The summed E-state index contributed by atoms with van der Waals surface area (Å²) in [5, 5.41) is 0. The molecule has 1 aliphatic heterocycles. The number of hydrogen-bond acceptors (Lipinski definition) is 4. The van der Waals surface area contributed by atoms with E-state index in [2.05, 4.69) is 0 Å². The maximum atomic E-state index is 13.1. The fraction of sp³-hybridized carbons (Fsp3) is 0.190. The van der Waals surface area contributed by atoms with E-state index in [1.54, 1.807) is 35.2 Å². The van der Waals surface area contributed by atoms with E-state index >= 15 is 0 Å². The molecule has 4 nitrogen and oxygen atoms in total. The van der Waals surface area contributed by atoms with Crippen molar-refractivity contribution < 1.29 is 13.2 Å². The Balaban J connectivity index is 1.67. The number of fused-ring (bicyclic) bond motifs is 1. The molecule has 0 bridgehead atoms. The van der Waals surface area contributed by atoms with Crippen molar-refractivity contribution in [1.82, 2.24) is 0 Å². The Morgan fingerprint density at radius 2 is 1.74 bits per heavy atom. The molecule has 3 aromatic rings. The lowest BCUT2D eigenvalue weighted by molar-refractivity contribution is 0.0985. The Kier molecular flexibility index (Phi) is 4.40. The van der Waals surface area contributed by atoms with E-state index in [1.807, 2.05) is 38.1 Å². The topological polar surface area (TPSA) is 54.5 Å². The number of para-hydroxylation sites is 1. The highest BCUT2D eigenvalue weighted by Gasteiger charge is 2.32. The number of carbonyl (C=O) groups excluding carboxylic acids is 1. The lowest BCUT2D eigenvalue weighted by Crippen LogP contribution is -2.35. The van der Waals surface area contributed by atoms with Gasteiger partial charge in [0.25, 0.3) is 5.91 Å². The van der Waals surface area contributed by atoms with Gasteiger partial charge in [-0.05, 0) is 56.2 Å². The van der Waals surface area contributed by atoms with E-state index in [1.165, 1.54) is 6.07 Å². The maximum Gasteiger partial charge on any atom is 0.268 e. The molecule has 4 rings (SSSR count). The smallest absolute Gasteiger partial charge is 0.268 e. The minimum atomic E-state index is -3.62. The van der Waals surface area contributed by atoms with Crippen LogP contribution in [0.1, 0.15) is 27.7 Å². The van der Waals surface area contributed by atoms with E-state index in [-0.39, 0.29) is 21.1 Å². The van der Waals surface area contributed by atoms with Crippen molar-refractivity contribution in [3.05, 3.63) is 76.7 Å².